The zero-order chi connectivity index (χ0) is 36.8. The van der Waals surface area contributed by atoms with Crippen LogP contribution in [0.1, 0.15) is 99.0 Å². The van der Waals surface area contributed by atoms with Crippen LogP contribution in [0, 0.1) is 29.6 Å². The van der Waals surface area contributed by atoms with Gasteiger partial charge in [-0.2, -0.15) is 0 Å². The summed E-state index contributed by atoms with van der Waals surface area (Å²) in [6, 6.07) is 3.04. The molecule has 0 saturated carbocycles. The molecule has 0 aromatic carbocycles. The van der Waals surface area contributed by atoms with E-state index in [9.17, 15) is 19.2 Å². The van der Waals surface area contributed by atoms with Crippen LogP contribution in [0.15, 0.2) is 24.5 Å². The van der Waals surface area contributed by atoms with E-state index in [1.807, 2.05) is 51.7 Å². The number of pyridine rings is 1. The number of aryl methyl sites for hydroxylation is 1. The highest BCUT2D eigenvalue weighted by Gasteiger charge is 2.42. The van der Waals surface area contributed by atoms with Gasteiger partial charge in [-0.15, -0.1) is 0 Å². The number of hydrogen-bond acceptors (Lipinski definition) is 8. The van der Waals surface area contributed by atoms with Gasteiger partial charge in [0.25, 0.3) is 0 Å². The van der Waals surface area contributed by atoms with Crippen molar-refractivity contribution in [3.05, 3.63) is 30.1 Å². The van der Waals surface area contributed by atoms with Crippen LogP contribution in [0.5, 0.6) is 0 Å². The predicted molar refractivity (Wildman–Crippen MR) is 194 cm³/mol. The summed E-state index contributed by atoms with van der Waals surface area (Å²) in [6.45, 7) is 14.6. The predicted octanol–water partition coefficient (Wildman–Crippen LogP) is 5.37. The van der Waals surface area contributed by atoms with Crippen LogP contribution in [0.25, 0.3) is 0 Å². The van der Waals surface area contributed by atoms with Crippen molar-refractivity contribution in [1.82, 2.24) is 20.1 Å². The highest BCUT2D eigenvalue weighted by Crippen LogP contribution is 2.31. The first-order valence-electron chi connectivity index (χ1n) is 18.5. The Morgan fingerprint density at radius 1 is 0.980 bits per heavy atom. The molecule has 1 aromatic heterocycles. The van der Waals surface area contributed by atoms with Gasteiger partial charge in [-0.05, 0) is 68.2 Å². The van der Waals surface area contributed by atoms with E-state index in [4.69, 9.17) is 9.47 Å². The summed E-state index contributed by atoms with van der Waals surface area (Å²) in [5, 5.41) is 3.12. The summed E-state index contributed by atoms with van der Waals surface area (Å²) in [7, 11) is 6.79. The van der Waals surface area contributed by atoms with Crippen LogP contribution in [0.4, 0.5) is 0 Å². The van der Waals surface area contributed by atoms with Gasteiger partial charge in [-0.1, -0.05) is 54.9 Å². The molecule has 1 aromatic rings. The van der Waals surface area contributed by atoms with Gasteiger partial charge >= 0.3 is 0 Å². The lowest BCUT2D eigenvalue weighted by Crippen LogP contribution is -2.54. The number of likely N-dealkylation sites (N-methyl/N-ethyl adjacent to an activating group) is 2. The molecule has 2 rings (SSSR count). The third-order valence-electron chi connectivity index (χ3n) is 10.9. The Morgan fingerprint density at radius 3 is 2.16 bits per heavy atom. The van der Waals surface area contributed by atoms with Gasteiger partial charge in [0.2, 0.25) is 11.8 Å². The maximum Gasteiger partial charge on any atom is 0.226 e. The summed E-state index contributed by atoms with van der Waals surface area (Å²) in [5.74, 6) is -0.720. The molecule has 2 heterocycles. The molecule has 0 spiro atoms. The molecular weight excluding hydrogens is 620 g/mol. The number of ketones is 2. The average Bonchev–Trinajstić information content (AvgIpc) is 3.56. The average molecular weight is 687 g/mol. The fourth-order valence-corrected chi connectivity index (χ4v) is 7.66. The first kappa shape index (κ1) is 42.5. The van der Waals surface area contributed by atoms with Crippen LogP contribution >= 0.6 is 0 Å². The first-order chi connectivity index (χ1) is 23.2. The van der Waals surface area contributed by atoms with Gasteiger partial charge in [0.05, 0.1) is 36.8 Å². The number of carbonyl (C=O) groups excluding carboxylic acids is 4. The van der Waals surface area contributed by atoms with Crippen LogP contribution in [-0.4, -0.2) is 103 Å². The molecular formula is C39H66N4O6. The normalized spacial score (nSPS) is 19.3. The Bertz CT molecular complexity index is 1180. The molecule has 0 radical (unpaired) electrons. The van der Waals surface area contributed by atoms with Gasteiger partial charge in [0.15, 0.2) is 5.78 Å². The number of methoxy groups -OCH3 is 2. The second-order valence-electron chi connectivity index (χ2n) is 14.8. The molecule has 1 saturated heterocycles. The molecule has 8 atom stereocenters. The summed E-state index contributed by atoms with van der Waals surface area (Å²) >= 11 is 0. The Morgan fingerprint density at radius 2 is 1.63 bits per heavy atom. The van der Waals surface area contributed by atoms with Crippen molar-refractivity contribution in [2.45, 2.75) is 130 Å². The molecule has 1 aliphatic heterocycles. The van der Waals surface area contributed by atoms with Crippen LogP contribution in [0.2, 0.25) is 0 Å². The Labute approximate surface area is 296 Å². The number of carbonyl (C=O) groups is 4. The zero-order valence-electron chi connectivity index (χ0n) is 32.2. The minimum absolute atomic E-state index is 0.0331. The highest BCUT2D eigenvalue weighted by molar-refractivity contribution is 5.90. The van der Waals surface area contributed by atoms with E-state index in [-0.39, 0.29) is 78.0 Å². The zero-order valence-corrected chi connectivity index (χ0v) is 32.2. The largest absolute Gasteiger partial charge is 0.379 e. The lowest BCUT2D eigenvalue weighted by Gasteiger charge is -2.41. The molecule has 1 fully saturated rings. The third kappa shape index (κ3) is 11.7. The van der Waals surface area contributed by atoms with Gasteiger partial charge in [0, 0.05) is 64.9 Å². The van der Waals surface area contributed by atoms with Crippen molar-refractivity contribution in [2.24, 2.45) is 29.6 Å². The number of Topliss-reactive ketones (excluding diaryl/α,β-unsaturated/α-hetero) is 2. The molecule has 1 aliphatic rings. The molecule has 0 unspecified atom stereocenters. The fourth-order valence-electron chi connectivity index (χ4n) is 7.66. The number of likely N-dealkylation sites (tertiary alicyclic amines) is 1. The Hall–Kier alpha value is -2.69. The molecule has 49 heavy (non-hydrogen) atoms. The maximum atomic E-state index is 14.2. The van der Waals surface area contributed by atoms with Gasteiger partial charge in [-0.25, -0.2) is 0 Å². The molecule has 278 valence electrons. The van der Waals surface area contributed by atoms with E-state index in [2.05, 4.69) is 24.1 Å². The molecule has 2 amide bonds. The monoisotopic (exact) mass is 686 g/mol. The molecule has 1 N–H and O–H groups in total. The van der Waals surface area contributed by atoms with Crippen molar-refractivity contribution in [2.75, 3.05) is 34.9 Å². The van der Waals surface area contributed by atoms with Crippen LogP contribution in [0.3, 0.4) is 0 Å². The van der Waals surface area contributed by atoms with E-state index in [0.29, 0.717) is 13.0 Å². The molecule has 0 aliphatic carbocycles. The number of nitrogens with one attached hydrogen (secondary N) is 1. The van der Waals surface area contributed by atoms with Crippen LogP contribution < -0.4 is 5.32 Å². The second-order valence-corrected chi connectivity index (χ2v) is 14.8. The van der Waals surface area contributed by atoms with Crippen molar-refractivity contribution in [3.8, 4) is 0 Å². The van der Waals surface area contributed by atoms with Crippen molar-refractivity contribution >= 4 is 23.4 Å². The van der Waals surface area contributed by atoms with Crippen molar-refractivity contribution in [3.63, 3.8) is 0 Å². The van der Waals surface area contributed by atoms with E-state index in [1.54, 1.807) is 45.6 Å². The number of nitrogens with zero attached hydrogens (tertiary/aromatic N) is 3. The fraction of sp³-hybridized carbons (Fsp3) is 0.769. The second kappa shape index (κ2) is 20.9. The minimum Gasteiger partial charge on any atom is -0.379 e. The Kier molecular flexibility index (Phi) is 18.1. The number of amides is 2. The summed E-state index contributed by atoms with van der Waals surface area (Å²) in [4.78, 5) is 62.5. The van der Waals surface area contributed by atoms with E-state index < -0.39 is 18.1 Å². The molecule has 10 heteroatoms. The summed E-state index contributed by atoms with van der Waals surface area (Å²) in [6.07, 6.45) is 7.21. The van der Waals surface area contributed by atoms with E-state index in [1.165, 1.54) is 0 Å². The Balaban J connectivity index is 2.20. The molecule has 0 bridgehead atoms. The lowest BCUT2D eigenvalue weighted by molar-refractivity contribution is -0.149. The SMILES string of the molecule is CC[C@H](C)[C@@H]([C@@H](CC(=O)N1CCC[C@H]1[C@H](OC)[C@@H](C)C(=O)CCCc1ccncc1)OC)N(C)C(=O)[C@@H](CC(=O)[C@@H](NC)C(C)C)C(C)C. The van der Waals surface area contributed by atoms with Gasteiger partial charge < -0.3 is 24.6 Å². The maximum absolute atomic E-state index is 14.2. The summed E-state index contributed by atoms with van der Waals surface area (Å²) < 4.78 is 12.0. The number of aromatic nitrogens is 1. The van der Waals surface area contributed by atoms with E-state index in [0.717, 1.165) is 37.7 Å². The number of rotatable bonds is 22. The quantitative estimate of drug-likeness (QED) is 0.173. The highest BCUT2D eigenvalue weighted by atomic mass is 16.5. The van der Waals surface area contributed by atoms with Gasteiger partial charge in [-0.3, -0.25) is 24.2 Å². The number of ether oxygens (including phenoxy) is 2. The third-order valence-corrected chi connectivity index (χ3v) is 10.9. The van der Waals surface area contributed by atoms with Crippen molar-refractivity contribution in [1.29, 1.82) is 0 Å². The van der Waals surface area contributed by atoms with Crippen LogP contribution in [-0.2, 0) is 35.1 Å². The minimum atomic E-state index is -0.546. The standard InChI is InChI=1S/C39H66N4O6/c1-12-27(6)37(42(9)39(47)30(25(2)3)23-33(45)36(40-8)26(4)5)34(48-10)24-35(46)43-22-14-16-31(43)38(49-11)28(7)32(44)17-13-15-29-18-20-41-21-19-29/h18-21,25-28,30-31,34,36-38,40H,12-17,22-24H2,1-11H3/t27-,28-,30-,31-,34+,36-,37-,38+/m0/s1. The first-order valence-corrected chi connectivity index (χ1v) is 18.5. The van der Waals surface area contributed by atoms with Gasteiger partial charge in [0.1, 0.15) is 5.78 Å². The smallest absolute Gasteiger partial charge is 0.226 e. The topological polar surface area (TPSA) is 118 Å². The van der Waals surface area contributed by atoms with Crippen molar-refractivity contribution < 1.29 is 28.7 Å². The summed E-state index contributed by atoms with van der Waals surface area (Å²) in [5.41, 5.74) is 1.16. The molecule has 10 nitrogen and oxygen atoms in total. The number of hydrogen-bond donors (Lipinski definition) is 1. The lowest BCUT2D eigenvalue weighted by atomic mass is 9.84. The van der Waals surface area contributed by atoms with E-state index >= 15 is 0 Å².